The molecule has 2 aromatic rings. The number of aromatic nitrogens is 2. The average Bonchev–Trinajstić information content (AvgIpc) is 2.95. The minimum atomic E-state index is -0.450. The normalized spacial score (nSPS) is 18.1. The predicted octanol–water partition coefficient (Wildman–Crippen LogP) is 2.45. The van der Waals surface area contributed by atoms with Gasteiger partial charge in [0, 0.05) is 24.6 Å². The van der Waals surface area contributed by atoms with E-state index in [-0.39, 0.29) is 17.7 Å². The van der Waals surface area contributed by atoms with Gasteiger partial charge in [-0.2, -0.15) is 4.98 Å². The van der Waals surface area contributed by atoms with Crippen molar-refractivity contribution in [3.05, 3.63) is 47.6 Å². The van der Waals surface area contributed by atoms with Crippen molar-refractivity contribution in [2.75, 3.05) is 19.6 Å². The molecule has 0 saturated carbocycles. The van der Waals surface area contributed by atoms with Gasteiger partial charge in [-0.15, -0.1) is 0 Å². The molecule has 0 bridgehead atoms. The van der Waals surface area contributed by atoms with Crippen LogP contribution >= 0.6 is 0 Å². The summed E-state index contributed by atoms with van der Waals surface area (Å²) in [6.45, 7) is 7.00. The third kappa shape index (κ3) is 3.76. The molecule has 1 atom stereocenters. The first-order valence-electron chi connectivity index (χ1n) is 8.92. The first-order chi connectivity index (χ1) is 12.5. The molecule has 1 saturated heterocycles. The molecule has 1 aliphatic heterocycles. The Morgan fingerprint density at radius 1 is 1.19 bits per heavy atom. The van der Waals surface area contributed by atoms with Gasteiger partial charge < -0.3 is 14.3 Å². The molecule has 7 heteroatoms. The highest BCUT2D eigenvalue weighted by Crippen LogP contribution is 2.26. The van der Waals surface area contributed by atoms with Gasteiger partial charge >= 0.3 is 0 Å². The fourth-order valence-corrected chi connectivity index (χ4v) is 3.20. The molecule has 1 aliphatic rings. The van der Waals surface area contributed by atoms with Crippen LogP contribution in [-0.4, -0.2) is 51.4 Å². The summed E-state index contributed by atoms with van der Waals surface area (Å²) in [7, 11) is 0. The number of hydrogen-bond acceptors (Lipinski definition) is 5. The van der Waals surface area contributed by atoms with E-state index in [1.807, 2.05) is 32.0 Å². The van der Waals surface area contributed by atoms with E-state index in [9.17, 15) is 9.59 Å². The van der Waals surface area contributed by atoms with Gasteiger partial charge in [0.2, 0.25) is 5.91 Å². The number of aryl methyl sites for hydroxylation is 1. The third-order valence-corrected chi connectivity index (χ3v) is 4.51. The maximum absolute atomic E-state index is 13.1. The molecular formula is C19H24N4O3. The fourth-order valence-electron chi connectivity index (χ4n) is 3.20. The predicted molar refractivity (Wildman–Crippen MR) is 95.3 cm³/mol. The minimum absolute atomic E-state index is 0.0697. The lowest BCUT2D eigenvalue weighted by Gasteiger charge is -2.30. The highest BCUT2D eigenvalue weighted by molar-refractivity contribution is 5.94. The van der Waals surface area contributed by atoms with Gasteiger partial charge in [0.15, 0.2) is 5.82 Å². The molecule has 1 unspecified atom stereocenters. The number of amides is 2. The molecule has 7 nitrogen and oxygen atoms in total. The van der Waals surface area contributed by atoms with Gasteiger partial charge in [0.1, 0.15) is 6.04 Å². The molecule has 2 amide bonds. The molecule has 138 valence electrons. The summed E-state index contributed by atoms with van der Waals surface area (Å²) in [6.07, 6.45) is 0.709. The summed E-state index contributed by atoms with van der Waals surface area (Å²) < 4.78 is 5.37. The summed E-state index contributed by atoms with van der Waals surface area (Å²) in [4.78, 5) is 33.5. The SMILES string of the molecule is Cc1noc(C2CN(C(=O)C(C)C)CCCN2C(=O)c2ccccc2)n1. The summed E-state index contributed by atoms with van der Waals surface area (Å²) in [5.74, 6) is 0.760. The summed E-state index contributed by atoms with van der Waals surface area (Å²) in [5, 5.41) is 3.87. The first kappa shape index (κ1) is 18.1. The molecule has 3 rings (SSSR count). The van der Waals surface area contributed by atoms with Gasteiger partial charge in [-0.3, -0.25) is 9.59 Å². The van der Waals surface area contributed by atoms with Gasteiger partial charge in [-0.05, 0) is 25.5 Å². The van der Waals surface area contributed by atoms with Crippen molar-refractivity contribution in [2.45, 2.75) is 33.2 Å². The van der Waals surface area contributed by atoms with E-state index in [4.69, 9.17) is 4.52 Å². The van der Waals surface area contributed by atoms with Crippen LogP contribution in [0.4, 0.5) is 0 Å². The van der Waals surface area contributed by atoms with Gasteiger partial charge in [0.25, 0.3) is 11.8 Å². The number of nitrogens with zero attached hydrogens (tertiary/aromatic N) is 4. The number of carbonyl (C=O) groups excluding carboxylic acids is 2. The number of hydrogen-bond donors (Lipinski definition) is 0. The molecule has 1 aromatic carbocycles. The number of rotatable bonds is 3. The van der Waals surface area contributed by atoms with Crippen molar-refractivity contribution in [2.24, 2.45) is 5.92 Å². The molecule has 0 spiro atoms. The summed E-state index contributed by atoms with van der Waals surface area (Å²) >= 11 is 0. The second kappa shape index (κ2) is 7.68. The molecular weight excluding hydrogens is 332 g/mol. The largest absolute Gasteiger partial charge is 0.340 e. The van der Waals surface area contributed by atoms with Crippen molar-refractivity contribution >= 4 is 11.8 Å². The average molecular weight is 356 g/mol. The smallest absolute Gasteiger partial charge is 0.254 e. The quantitative estimate of drug-likeness (QED) is 0.844. The van der Waals surface area contributed by atoms with Crippen LogP contribution in [0.1, 0.15) is 48.4 Å². The molecule has 2 heterocycles. The molecule has 1 aromatic heterocycles. The van der Waals surface area contributed by atoms with Crippen molar-refractivity contribution in [3.63, 3.8) is 0 Å². The second-order valence-corrected chi connectivity index (χ2v) is 6.85. The minimum Gasteiger partial charge on any atom is -0.340 e. The van der Waals surface area contributed by atoms with Crippen LogP contribution in [0.25, 0.3) is 0 Å². The number of benzene rings is 1. The van der Waals surface area contributed by atoms with Gasteiger partial charge in [0.05, 0.1) is 6.54 Å². The molecule has 26 heavy (non-hydrogen) atoms. The number of carbonyl (C=O) groups is 2. The van der Waals surface area contributed by atoms with Crippen molar-refractivity contribution < 1.29 is 14.1 Å². The Labute approximate surface area is 153 Å². The lowest BCUT2D eigenvalue weighted by atomic mass is 10.1. The second-order valence-electron chi connectivity index (χ2n) is 6.85. The van der Waals surface area contributed by atoms with Crippen LogP contribution in [0.15, 0.2) is 34.9 Å². The molecule has 0 N–H and O–H groups in total. The van der Waals surface area contributed by atoms with E-state index < -0.39 is 6.04 Å². The van der Waals surface area contributed by atoms with Crippen LogP contribution in [0.3, 0.4) is 0 Å². The lowest BCUT2D eigenvalue weighted by molar-refractivity contribution is -0.134. The van der Waals surface area contributed by atoms with Gasteiger partial charge in [-0.25, -0.2) is 0 Å². The van der Waals surface area contributed by atoms with E-state index in [0.717, 1.165) is 0 Å². The highest BCUT2D eigenvalue weighted by Gasteiger charge is 2.35. The third-order valence-electron chi connectivity index (χ3n) is 4.51. The Morgan fingerprint density at radius 2 is 1.92 bits per heavy atom. The molecule has 0 aliphatic carbocycles. The molecule has 0 radical (unpaired) electrons. The van der Waals surface area contributed by atoms with Crippen LogP contribution in [0.5, 0.6) is 0 Å². The fraction of sp³-hybridized carbons (Fsp3) is 0.474. The highest BCUT2D eigenvalue weighted by atomic mass is 16.5. The maximum Gasteiger partial charge on any atom is 0.254 e. The van der Waals surface area contributed by atoms with E-state index in [1.165, 1.54) is 0 Å². The van der Waals surface area contributed by atoms with E-state index >= 15 is 0 Å². The van der Waals surface area contributed by atoms with Crippen molar-refractivity contribution in [1.82, 2.24) is 19.9 Å². The Kier molecular flexibility index (Phi) is 5.35. The lowest BCUT2D eigenvalue weighted by Crippen LogP contribution is -2.41. The zero-order chi connectivity index (χ0) is 18.7. The maximum atomic E-state index is 13.1. The molecule has 1 fully saturated rings. The van der Waals surface area contributed by atoms with Crippen LogP contribution in [0.2, 0.25) is 0 Å². The monoisotopic (exact) mass is 356 g/mol. The topological polar surface area (TPSA) is 79.5 Å². The van der Waals surface area contributed by atoms with Crippen LogP contribution in [0, 0.1) is 12.8 Å². The standard InChI is InChI=1S/C19H24N4O3/c1-13(2)18(24)22-10-7-11-23(19(25)15-8-5-4-6-9-15)16(12-22)17-20-14(3)21-26-17/h4-6,8-9,13,16H,7,10-12H2,1-3H3. The summed E-state index contributed by atoms with van der Waals surface area (Å²) in [5.41, 5.74) is 0.609. The van der Waals surface area contributed by atoms with Crippen LogP contribution < -0.4 is 0 Å². The zero-order valence-corrected chi connectivity index (χ0v) is 15.4. The Bertz CT molecular complexity index is 772. The Hall–Kier alpha value is -2.70. The Balaban J connectivity index is 1.93. The zero-order valence-electron chi connectivity index (χ0n) is 15.4. The van der Waals surface area contributed by atoms with Gasteiger partial charge in [-0.1, -0.05) is 37.2 Å². The van der Waals surface area contributed by atoms with E-state index in [0.29, 0.717) is 43.3 Å². The first-order valence-corrected chi connectivity index (χ1v) is 8.92. The van der Waals surface area contributed by atoms with Crippen molar-refractivity contribution in [3.8, 4) is 0 Å². The van der Waals surface area contributed by atoms with Crippen molar-refractivity contribution in [1.29, 1.82) is 0 Å². The van der Waals surface area contributed by atoms with E-state index in [1.54, 1.807) is 28.9 Å². The summed E-state index contributed by atoms with van der Waals surface area (Å²) in [6, 6.07) is 8.69. The Morgan fingerprint density at radius 3 is 2.54 bits per heavy atom. The van der Waals surface area contributed by atoms with E-state index in [2.05, 4.69) is 10.1 Å². The van der Waals surface area contributed by atoms with Crippen LogP contribution in [-0.2, 0) is 4.79 Å².